The maximum atomic E-state index is 12.7. The van der Waals surface area contributed by atoms with Gasteiger partial charge < -0.3 is 11.1 Å². The quantitative estimate of drug-likeness (QED) is 0.840. The van der Waals surface area contributed by atoms with Crippen molar-refractivity contribution in [2.24, 2.45) is 11.7 Å². The Morgan fingerprint density at radius 1 is 1.38 bits per heavy atom. The van der Waals surface area contributed by atoms with Crippen molar-refractivity contribution >= 4 is 23.1 Å². The number of amides is 1. The molecule has 0 bridgehead atoms. The predicted molar refractivity (Wildman–Crippen MR) is 90.4 cm³/mol. The molecule has 2 rings (SSSR count). The van der Waals surface area contributed by atoms with Crippen LogP contribution in [0, 0.1) is 5.92 Å². The van der Waals surface area contributed by atoms with Gasteiger partial charge in [0, 0.05) is 5.56 Å². The number of benzene rings is 1. The monoisotopic (exact) mass is 304 g/mol. The van der Waals surface area contributed by atoms with E-state index in [0.717, 1.165) is 43.2 Å². The summed E-state index contributed by atoms with van der Waals surface area (Å²) in [6.45, 7) is 4.29. The Balaban J connectivity index is 2.21. The first kappa shape index (κ1) is 16.0. The predicted octanol–water partition coefficient (Wildman–Crippen LogP) is 3.21. The standard InChI is InChI=1S/C17H24N2OS/c1-3-13-6-4-5-7-14(13)15(20)19-17(16(18)21)10-8-12(2)9-11-17/h4-7,12H,3,8-11H2,1-2H3,(H2,18,21)(H,19,20). The number of carbonyl (C=O) groups is 1. The van der Waals surface area contributed by atoms with Crippen LogP contribution in [0.3, 0.4) is 0 Å². The molecule has 0 unspecified atom stereocenters. The summed E-state index contributed by atoms with van der Waals surface area (Å²) in [5, 5.41) is 3.14. The van der Waals surface area contributed by atoms with Gasteiger partial charge in [0.2, 0.25) is 0 Å². The topological polar surface area (TPSA) is 55.1 Å². The van der Waals surface area contributed by atoms with E-state index in [1.54, 1.807) is 0 Å². The van der Waals surface area contributed by atoms with Gasteiger partial charge in [-0.2, -0.15) is 0 Å². The summed E-state index contributed by atoms with van der Waals surface area (Å²) in [7, 11) is 0. The van der Waals surface area contributed by atoms with E-state index in [-0.39, 0.29) is 5.91 Å². The fourth-order valence-electron chi connectivity index (χ4n) is 3.02. The molecule has 1 aliphatic carbocycles. The molecule has 0 saturated heterocycles. The molecule has 1 saturated carbocycles. The minimum Gasteiger partial charge on any atom is -0.391 e. The molecule has 21 heavy (non-hydrogen) atoms. The lowest BCUT2D eigenvalue weighted by molar-refractivity contribution is 0.0899. The van der Waals surface area contributed by atoms with E-state index in [2.05, 4.69) is 19.2 Å². The fraction of sp³-hybridized carbons (Fsp3) is 0.529. The molecule has 0 spiro atoms. The number of rotatable bonds is 4. The molecule has 0 aliphatic heterocycles. The zero-order valence-corrected chi connectivity index (χ0v) is 13.6. The van der Waals surface area contributed by atoms with Gasteiger partial charge in [0.05, 0.1) is 10.5 Å². The molecule has 1 amide bonds. The van der Waals surface area contributed by atoms with Crippen LogP contribution in [-0.4, -0.2) is 16.4 Å². The first-order valence-corrected chi connectivity index (χ1v) is 8.09. The Morgan fingerprint density at radius 2 is 2.00 bits per heavy atom. The molecular formula is C17H24N2OS. The number of nitrogens with one attached hydrogen (secondary N) is 1. The van der Waals surface area contributed by atoms with Crippen LogP contribution in [0.15, 0.2) is 24.3 Å². The third-order valence-corrected chi connectivity index (χ3v) is 4.99. The van der Waals surface area contributed by atoms with Gasteiger partial charge in [0.25, 0.3) is 5.91 Å². The number of carbonyl (C=O) groups excluding carboxylic acids is 1. The lowest BCUT2D eigenvalue weighted by Gasteiger charge is -2.39. The second-order valence-corrected chi connectivity index (χ2v) is 6.53. The summed E-state index contributed by atoms with van der Waals surface area (Å²) in [5.41, 5.74) is 7.23. The highest BCUT2D eigenvalue weighted by atomic mass is 32.1. The maximum absolute atomic E-state index is 12.7. The molecule has 1 aromatic carbocycles. The van der Waals surface area contributed by atoms with E-state index in [1.165, 1.54) is 0 Å². The van der Waals surface area contributed by atoms with E-state index in [9.17, 15) is 4.79 Å². The summed E-state index contributed by atoms with van der Waals surface area (Å²) in [6, 6.07) is 7.71. The second-order valence-electron chi connectivity index (χ2n) is 6.09. The first-order chi connectivity index (χ1) is 9.98. The van der Waals surface area contributed by atoms with Crippen molar-refractivity contribution in [3.05, 3.63) is 35.4 Å². The summed E-state index contributed by atoms with van der Waals surface area (Å²) in [5.74, 6) is 0.613. The molecule has 1 aromatic rings. The number of hydrogen-bond acceptors (Lipinski definition) is 2. The largest absolute Gasteiger partial charge is 0.391 e. The van der Waals surface area contributed by atoms with E-state index in [0.29, 0.717) is 10.9 Å². The summed E-state index contributed by atoms with van der Waals surface area (Å²) >= 11 is 5.26. The smallest absolute Gasteiger partial charge is 0.252 e. The van der Waals surface area contributed by atoms with Gasteiger partial charge in [0.15, 0.2) is 0 Å². The zero-order chi connectivity index (χ0) is 15.5. The average molecular weight is 304 g/mol. The Morgan fingerprint density at radius 3 is 2.57 bits per heavy atom. The second kappa shape index (κ2) is 6.56. The van der Waals surface area contributed by atoms with Crippen molar-refractivity contribution < 1.29 is 4.79 Å². The molecular weight excluding hydrogens is 280 g/mol. The van der Waals surface area contributed by atoms with Crippen LogP contribution in [-0.2, 0) is 6.42 Å². The van der Waals surface area contributed by atoms with E-state index >= 15 is 0 Å². The molecule has 3 nitrogen and oxygen atoms in total. The number of nitrogens with two attached hydrogens (primary N) is 1. The van der Waals surface area contributed by atoms with Gasteiger partial charge in [-0.1, -0.05) is 44.3 Å². The molecule has 0 atom stereocenters. The molecule has 114 valence electrons. The van der Waals surface area contributed by atoms with Gasteiger partial charge in [-0.25, -0.2) is 0 Å². The molecule has 1 aliphatic rings. The van der Waals surface area contributed by atoms with Crippen LogP contribution < -0.4 is 11.1 Å². The highest BCUT2D eigenvalue weighted by Gasteiger charge is 2.38. The lowest BCUT2D eigenvalue weighted by Crippen LogP contribution is -2.58. The van der Waals surface area contributed by atoms with E-state index in [1.807, 2.05) is 24.3 Å². The fourth-order valence-corrected chi connectivity index (χ4v) is 3.28. The zero-order valence-electron chi connectivity index (χ0n) is 12.8. The molecule has 4 heteroatoms. The lowest BCUT2D eigenvalue weighted by atomic mass is 9.77. The van der Waals surface area contributed by atoms with Crippen molar-refractivity contribution in [1.29, 1.82) is 0 Å². The van der Waals surface area contributed by atoms with Crippen molar-refractivity contribution in [1.82, 2.24) is 5.32 Å². The number of thiocarbonyl (C=S) groups is 1. The van der Waals surface area contributed by atoms with Crippen LogP contribution in [0.4, 0.5) is 0 Å². The minimum atomic E-state index is -0.514. The van der Waals surface area contributed by atoms with Crippen LogP contribution in [0.5, 0.6) is 0 Å². The van der Waals surface area contributed by atoms with Crippen molar-refractivity contribution in [2.75, 3.05) is 0 Å². The van der Waals surface area contributed by atoms with Crippen molar-refractivity contribution in [3.63, 3.8) is 0 Å². The van der Waals surface area contributed by atoms with Crippen LogP contribution in [0.1, 0.15) is 55.5 Å². The Labute approximate surface area is 132 Å². The number of aryl methyl sites for hydroxylation is 1. The Kier molecular flexibility index (Phi) is 4.99. The summed E-state index contributed by atoms with van der Waals surface area (Å²) < 4.78 is 0. The maximum Gasteiger partial charge on any atom is 0.252 e. The number of hydrogen-bond donors (Lipinski definition) is 2. The molecule has 0 aromatic heterocycles. The minimum absolute atomic E-state index is 0.0604. The Hall–Kier alpha value is -1.42. The van der Waals surface area contributed by atoms with Crippen molar-refractivity contribution in [2.45, 2.75) is 51.5 Å². The van der Waals surface area contributed by atoms with Crippen molar-refractivity contribution in [3.8, 4) is 0 Å². The van der Waals surface area contributed by atoms with Gasteiger partial charge in [0.1, 0.15) is 0 Å². The SMILES string of the molecule is CCc1ccccc1C(=O)NC1(C(N)=S)CCC(C)CC1. The van der Waals surface area contributed by atoms with E-state index < -0.39 is 5.54 Å². The third kappa shape index (κ3) is 3.43. The summed E-state index contributed by atoms with van der Waals surface area (Å²) in [6.07, 6.45) is 4.61. The summed E-state index contributed by atoms with van der Waals surface area (Å²) in [4.78, 5) is 13.1. The first-order valence-electron chi connectivity index (χ1n) is 7.69. The average Bonchev–Trinajstić information content (AvgIpc) is 2.49. The normalized spacial score (nSPS) is 25.3. The van der Waals surface area contributed by atoms with Crippen LogP contribution in [0.2, 0.25) is 0 Å². The highest BCUT2D eigenvalue weighted by molar-refractivity contribution is 7.80. The molecule has 0 heterocycles. The molecule has 0 radical (unpaired) electrons. The molecule has 3 N–H and O–H groups in total. The van der Waals surface area contributed by atoms with Gasteiger partial charge in [-0.15, -0.1) is 0 Å². The van der Waals surface area contributed by atoms with Crippen LogP contribution in [0.25, 0.3) is 0 Å². The Bertz CT molecular complexity index is 533. The molecule has 1 fully saturated rings. The van der Waals surface area contributed by atoms with Crippen LogP contribution >= 0.6 is 12.2 Å². The van der Waals surface area contributed by atoms with Gasteiger partial charge in [-0.3, -0.25) is 4.79 Å². The van der Waals surface area contributed by atoms with Gasteiger partial charge in [-0.05, 0) is 49.7 Å². The third-order valence-electron chi connectivity index (χ3n) is 4.60. The van der Waals surface area contributed by atoms with Gasteiger partial charge >= 0.3 is 0 Å². The highest BCUT2D eigenvalue weighted by Crippen LogP contribution is 2.32. The van der Waals surface area contributed by atoms with E-state index in [4.69, 9.17) is 18.0 Å².